The lowest BCUT2D eigenvalue weighted by atomic mass is 10.1. The third-order valence-electron chi connectivity index (χ3n) is 2.30. The summed E-state index contributed by atoms with van der Waals surface area (Å²) in [5, 5.41) is 6.45. The van der Waals surface area contributed by atoms with Crippen LogP contribution in [0.25, 0.3) is 0 Å². The summed E-state index contributed by atoms with van der Waals surface area (Å²) in [5.41, 5.74) is 5.67. The van der Waals surface area contributed by atoms with E-state index in [1.807, 2.05) is 13.0 Å². The van der Waals surface area contributed by atoms with E-state index in [4.69, 9.17) is 5.73 Å². The summed E-state index contributed by atoms with van der Waals surface area (Å²) in [4.78, 5) is 8.31. The molecule has 1 atom stereocenters. The summed E-state index contributed by atoms with van der Waals surface area (Å²) in [5.74, 6) is 2.36. The Morgan fingerprint density at radius 1 is 1.18 bits per heavy atom. The number of hydrogen-bond acceptors (Lipinski definition) is 5. The van der Waals surface area contributed by atoms with E-state index >= 15 is 0 Å². The van der Waals surface area contributed by atoms with Crippen LogP contribution in [0.15, 0.2) is 12.4 Å². The van der Waals surface area contributed by atoms with Gasteiger partial charge in [-0.2, -0.15) is 0 Å². The van der Waals surface area contributed by atoms with Gasteiger partial charge in [-0.3, -0.25) is 0 Å². The molecule has 0 amide bonds. The Kier molecular flexibility index (Phi) is 5.69. The molecule has 0 aliphatic heterocycles. The Morgan fingerprint density at radius 2 is 1.82 bits per heavy atom. The molecular weight excluding hydrogens is 214 g/mol. The number of hydrogen-bond donors (Lipinski definition) is 3. The molecule has 1 aromatic heterocycles. The molecule has 0 aliphatic rings. The average Bonchev–Trinajstić information content (AvgIpc) is 2.26. The van der Waals surface area contributed by atoms with Crippen molar-refractivity contribution in [1.29, 1.82) is 0 Å². The minimum absolute atomic E-state index is 0.113. The second-order valence-corrected chi connectivity index (χ2v) is 4.76. The molecule has 1 rings (SSSR count). The average molecular weight is 237 g/mol. The zero-order valence-electron chi connectivity index (χ0n) is 10.9. The molecule has 5 heteroatoms. The van der Waals surface area contributed by atoms with Crippen LogP contribution in [0.3, 0.4) is 0 Å². The summed E-state index contributed by atoms with van der Waals surface area (Å²) in [7, 11) is 0. The maximum atomic E-state index is 5.67. The topological polar surface area (TPSA) is 75.9 Å². The van der Waals surface area contributed by atoms with Crippen LogP contribution >= 0.6 is 0 Å². The van der Waals surface area contributed by atoms with Gasteiger partial charge in [0.05, 0.1) is 0 Å². The van der Waals surface area contributed by atoms with Crippen molar-refractivity contribution in [2.75, 3.05) is 23.7 Å². The van der Waals surface area contributed by atoms with Gasteiger partial charge in [-0.25, -0.2) is 9.97 Å². The minimum atomic E-state index is 0.113. The van der Waals surface area contributed by atoms with E-state index in [1.165, 1.54) is 0 Å². The fourth-order valence-electron chi connectivity index (χ4n) is 1.31. The Hall–Kier alpha value is -1.36. The largest absolute Gasteiger partial charge is 0.370 e. The van der Waals surface area contributed by atoms with Crippen LogP contribution in [-0.4, -0.2) is 29.1 Å². The van der Waals surface area contributed by atoms with Gasteiger partial charge in [-0.05, 0) is 19.3 Å². The van der Waals surface area contributed by atoms with Crippen LogP contribution in [0.1, 0.15) is 27.2 Å². The van der Waals surface area contributed by atoms with Crippen LogP contribution in [0.5, 0.6) is 0 Å². The van der Waals surface area contributed by atoms with Crippen molar-refractivity contribution < 1.29 is 0 Å². The van der Waals surface area contributed by atoms with Gasteiger partial charge in [0.15, 0.2) is 0 Å². The van der Waals surface area contributed by atoms with Crippen molar-refractivity contribution in [1.82, 2.24) is 9.97 Å². The lowest BCUT2D eigenvalue weighted by molar-refractivity contribution is 0.606. The van der Waals surface area contributed by atoms with Crippen molar-refractivity contribution in [2.45, 2.75) is 33.2 Å². The van der Waals surface area contributed by atoms with Crippen molar-refractivity contribution in [2.24, 2.45) is 11.7 Å². The summed E-state index contributed by atoms with van der Waals surface area (Å²) >= 11 is 0. The Bertz CT molecular complexity index is 324. The molecule has 1 unspecified atom stereocenters. The molecule has 0 aliphatic carbocycles. The van der Waals surface area contributed by atoms with Gasteiger partial charge in [0.25, 0.3) is 0 Å². The molecule has 0 saturated heterocycles. The van der Waals surface area contributed by atoms with Gasteiger partial charge in [-0.15, -0.1) is 0 Å². The molecule has 0 spiro atoms. The molecule has 0 aromatic carbocycles. The van der Waals surface area contributed by atoms with Crippen LogP contribution in [-0.2, 0) is 0 Å². The van der Waals surface area contributed by atoms with E-state index in [2.05, 4.69) is 34.4 Å². The van der Waals surface area contributed by atoms with Crippen molar-refractivity contribution in [3.63, 3.8) is 0 Å². The highest BCUT2D eigenvalue weighted by Crippen LogP contribution is 2.09. The van der Waals surface area contributed by atoms with Gasteiger partial charge in [-0.1, -0.05) is 13.8 Å². The number of anilines is 2. The maximum absolute atomic E-state index is 5.67. The number of rotatable bonds is 7. The molecule has 96 valence electrons. The fraction of sp³-hybridized carbons (Fsp3) is 0.667. The molecule has 4 N–H and O–H groups in total. The number of nitrogens with one attached hydrogen (secondary N) is 2. The van der Waals surface area contributed by atoms with Gasteiger partial charge >= 0.3 is 0 Å². The first-order valence-electron chi connectivity index (χ1n) is 6.13. The van der Waals surface area contributed by atoms with E-state index in [0.29, 0.717) is 12.5 Å². The molecule has 1 aromatic rings. The summed E-state index contributed by atoms with van der Waals surface area (Å²) in [6.45, 7) is 8.01. The smallest absolute Gasteiger partial charge is 0.131 e. The van der Waals surface area contributed by atoms with Crippen LogP contribution < -0.4 is 16.4 Å². The molecule has 0 bridgehead atoms. The van der Waals surface area contributed by atoms with Crippen molar-refractivity contribution in [3.8, 4) is 0 Å². The molecule has 17 heavy (non-hydrogen) atoms. The first kappa shape index (κ1) is 13.7. The predicted molar refractivity (Wildman–Crippen MR) is 72.1 cm³/mol. The van der Waals surface area contributed by atoms with E-state index in [9.17, 15) is 0 Å². The normalized spacial score (nSPS) is 12.5. The van der Waals surface area contributed by atoms with Crippen LogP contribution in [0, 0.1) is 5.92 Å². The Balaban J connectivity index is 2.42. The van der Waals surface area contributed by atoms with Crippen molar-refractivity contribution in [3.05, 3.63) is 12.4 Å². The summed E-state index contributed by atoms with van der Waals surface area (Å²) in [6, 6.07) is 2.02. The zero-order valence-corrected chi connectivity index (χ0v) is 10.9. The SMILES string of the molecule is CC(C)CCNc1cc(NCC(C)N)ncn1. The highest BCUT2D eigenvalue weighted by molar-refractivity contribution is 5.46. The Labute approximate surface area is 103 Å². The second kappa shape index (κ2) is 7.06. The molecule has 5 nitrogen and oxygen atoms in total. The zero-order chi connectivity index (χ0) is 12.7. The summed E-state index contributed by atoms with van der Waals surface area (Å²) < 4.78 is 0. The maximum Gasteiger partial charge on any atom is 0.131 e. The number of nitrogens with two attached hydrogens (primary N) is 1. The molecule has 1 heterocycles. The standard InChI is InChI=1S/C12H23N5/c1-9(2)4-5-14-11-6-12(17-8-16-11)15-7-10(3)13/h6,8-10H,4-5,7,13H2,1-3H3,(H2,14,15,16,17). The Morgan fingerprint density at radius 3 is 2.41 bits per heavy atom. The number of nitrogens with zero attached hydrogens (tertiary/aromatic N) is 2. The van der Waals surface area contributed by atoms with Crippen LogP contribution in [0.4, 0.5) is 11.6 Å². The highest BCUT2D eigenvalue weighted by Gasteiger charge is 2.00. The van der Waals surface area contributed by atoms with Crippen molar-refractivity contribution >= 4 is 11.6 Å². The highest BCUT2D eigenvalue weighted by atomic mass is 15.1. The minimum Gasteiger partial charge on any atom is -0.370 e. The third kappa shape index (κ3) is 6.06. The van der Waals surface area contributed by atoms with Gasteiger partial charge < -0.3 is 16.4 Å². The van der Waals surface area contributed by atoms with E-state index < -0.39 is 0 Å². The van der Waals surface area contributed by atoms with Gasteiger partial charge in [0, 0.05) is 25.2 Å². The first-order valence-corrected chi connectivity index (χ1v) is 6.13. The fourth-order valence-corrected chi connectivity index (χ4v) is 1.31. The van der Waals surface area contributed by atoms with Gasteiger partial charge in [0.1, 0.15) is 18.0 Å². The predicted octanol–water partition coefficient (Wildman–Crippen LogP) is 1.69. The first-order chi connectivity index (χ1) is 8.08. The summed E-state index contributed by atoms with van der Waals surface area (Å²) in [6.07, 6.45) is 2.69. The lowest BCUT2D eigenvalue weighted by Crippen LogP contribution is -2.25. The van der Waals surface area contributed by atoms with E-state index in [0.717, 1.165) is 24.6 Å². The van der Waals surface area contributed by atoms with E-state index in [1.54, 1.807) is 6.33 Å². The number of aromatic nitrogens is 2. The van der Waals surface area contributed by atoms with Gasteiger partial charge in [0.2, 0.25) is 0 Å². The third-order valence-corrected chi connectivity index (χ3v) is 2.30. The van der Waals surface area contributed by atoms with Crippen LogP contribution in [0.2, 0.25) is 0 Å². The molecular formula is C12H23N5. The monoisotopic (exact) mass is 237 g/mol. The molecule has 0 saturated carbocycles. The quantitative estimate of drug-likeness (QED) is 0.673. The second-order valence-electron chi connectivity index (χ2n) is 4.76. The van der Waals surface area contributed by atoms with E-state index in [-0.39, 0.29) is 6.04 Å². The molecule has 0 fully saturated rings. The molecule has 0 radical (unpaired) electrons. The lowest BCUT2D eigenvalue weighted by Gasteiger charge is -2.10.